The number of halogens is 2. The average Bonchev–Trinajstić information content (AvgIpc) is 3.11. The van der Waals surface area contributed by atoms with Crippen LogP contribution in [0.3, 0.4) is 0 Å². The molecule has 1 N–H and O–H groups in total. The Bertz CT molecular complexity index is 1200. The molecule has 1 aromatic carbocycles. The summed E-state index contributed by atoms with van der Waals surface area (Å²) < 4.78 is 28.3. The topological polar surface area (TPSA) is 79.6 Å². The Labute approximate surface area is 191 Å². The van der Waals surface area contributed by atoms with Crippen LogP contribution in [0.25, 0.3) is 16.9 Å². The van der Waals surface area contributed by atoms with Crippen LogP contribution in [0.2, 0.25) is 0 Å². The number of hydrogen-bond donors (Lipinski definition) is 1. The van der Waals surface area contributed by atoms with E-state index >= 15 is 0 Å². The molecular formula is C24H29F2N5O2. The second-order valence-corrected chi connectivity index (χ2v) is 9.59. The number of imidazole rings is 1. The van der Waals surface area contributed by atoms with Crippen molar-refractivity contribution in [2.24, 2.45) is 0 Å². The van der Waals surface area contributed by atoms with Crippen molar-refractivity contribution in [2.45, 2.75) is 52.5 Å². The van der Waals surface area contributed by atoms with E-state index in [0.717, 1.165) is 29.4 Å². The van der Waals surface area contributed by atoms with Crippen molar-refractivity contribution in [2.75, 3.05) is 13.1 Å². The Morgan fingerprint density at radius 3 is 2.42 bits per heavy atom. The fourth-order valence-corrected chi connectivity index (χ4v) is 3.54. The van der Waals surface area contributed by atoms with E-state index in [1.807, 2.05) is 19.2 Å². The van der Waals surface area contributed by atoms with E-state index in [9.17, 15) is 18.4 Å². The van der Waals surface area contributed by atoms with Crippen molar-refractivity contribution in [1.29, 1.82) is 0 Å². The van der Waals surface area contributed by atoms with Gasteiger partial charge in [-0.15, -0.1) is 0 Å². The summed E-state index contributed by atoms with van der Waals surface area (Å²) in [5, 5.41) is 7.17. The van der Waals surface area contributed by atoms with Gasteiger partial charge in [0.15, 0.2) is 17.3 Å². The van der Waals surface area contributed by atoms with Gasteiger partial charge in [0.2, 0.25) is 12.3 Å². The summed E-state index contributed by atoms with van der Waals surface area (Å²) in [7, 11) is 0. The fourth-order valence-electron chi connectivity index (χ4n) is 3.54. The predicted molar refractivity (Wildman–Crippen MR) is 122 cm³/mol. The minimum Gasteiger partial charge on any atom is -0.352 e. The first-order valence-corrected chi connectivity index (χ1v) is 10.7. The Morgan fingerprint density at radius 1 is 1.15 bits per heavy atom. The monoisotopic (exact) mass is 457 g/mol. The maximum Gasteiger partial charge on any atom is 0.245 e. The standard InChI is InChI=1S/C17H17F2N3.C7H12N2O2/c1-10-9-22-16(20-10)12(17(2,3)4)8-15(21-22)11-5-6-13(18)14(19)7-11;1-7(2)6(11)8-3-4-9(7)5-10/h5-9H,1-4H3;5H,3-4H2,1-2H3,(H,8,11). The number of fused-ring (bicyclic) bond motifs is 1. The molecule has 2 amide bonds. The van der Waals surface area contributed by atoms with Gasteiger partial charge < -0.3 is 10.2 Å². The molecule has 0 radical (unpaired) electrons. The maximum absolute atomic E-state index is 13.5. The van der Waals surface area contributed by atoms with Crippen LogP contribution < -0.4 is 5.32 Å². The normalized spacial score (nSPS) is 15.6. The minimum absolute atomic E-state index is 0.0872. The van der Waals surface area contributed by atoms with E-state index in [1.165, 1.54) is 17.0 Å². The van der Waals surface area contributed by atoms with Gasteiger partial charge in [-0.25, -0.2) is 18.3 Å². The first-order valence-electron chi connectivity index (χ1n) is 10.7. The van der Waals surface area contributed by atoms with Crippen molar-refractivity contribution in [3.63, 3.8) is 0 Å². The lowest BCUT2D eigenvalue weighted by atomic mass is 9.87. The molecule has 33 heavy (non-hydrogen) atoms. The van der Waals surface area contributed by atoms with E-state index in [0.29, 0.717) is 24.3 Å². The molecular weight excluding hydrogens is 428 g/mol. The summed E-state index contributed by atoms with van der Waals surface area (Å²) in [5.41, 5.74) is 2.97. The minimum atomic E-state index is -0.876. The van der Waals surface area contributed by atoms with Gasteiger partial charge in [-0.05, 0) is 50.5 Å². The van der Waals surface area contributed by atoms with E-state index in [4.69, 9.17) is 0 Å². The fraction of sp³-hybridized carbons (Fsp3) is 0.417. The zero-order valence-corrected chi connectivity index (χ0v) is 19.7. The molecule has 0 aliphatic carbocycles. The molecule has 176 valence electrons. The molecule has 1 aliphatic heterocycles. The van der Waals surface area contributed by atoms with Crippen LogP contribution in [0.4, 0.5) is 8.78 Å². The zero-order chi connectivity index (χ0) is 24.6. The summed E-state index contributed by atoms with van der Waals surface area (Å²) >= 11 is 0. The van der Waals surface area contributed by atoms with Gasteiger partial charge in [0.25, 0.3) is 0 Å². The lowest BCUT2D eigenvalue weighted by Crippen LogP contribution is -2.61. The van der Waals surface area contributed by atoms with E-state index in [-0.39, 0.29) is 11.3 Å². The van der Waals surface area contributed by atoms with Crippen LogP contribution >= 0.6 is 0 Å². The van der Waals surface area contributed by atoms with Crippen molar-refractivity contribution in [1.82, 2.24) is 24.8 Å². The van der Waals surface area contributed by atoms with Crippen LogP contribution in [0.15, 0.2) is 30.5 Å². The number of carbonyl (C=O) groups excluding carboxylic acids is 2. The van der Waals surface area contributed by atoms with Crippen molar-refractivity contribution < 1.29 is 18.4 Å². The van der Waals surface area contributed by atoms with Gasteiger partial charge in [-0.2, -0.15) is 5.10 Å². The van der Waals surface area contributed by atoms with Gasteiger partial charge in [-0.1, -0.05) is 20.8 Å². The highest BCUT2D eigenvalue weighted by atomic mass is 19.2. The lowest BCUT2D eigenvalue weighted by Gasteiger charge is -2.38. The number of aryl methyl sites for hydroxylation is 1. The van der Waals surface area contributed by atoms with Crippen molar-refractivity contribution in [3.05, 3.63) is 53.4 Å². The molecule has 0 atom stereocenters. The van der Waals surface area contributed by atoms with Gasteiger partial charge in [0, 0.05) is 24.2 Å². The molecule has 0 bridgehead atoms. The van der Waals surface area contributed by atoms with Crippen LogP contribution in [0.1, 0.15) is 45.9 Å². The molecule has 3 aromatic rings. The number of rotatable bonds is 2. The number of piperazine rings is 1. The predicted octanol–water partition coefficient (Wildman–Crippen LogP) is 3.63. The molecule has 0 unspecified atom stereocenters. The molecule has 4 rings (SSSR count). The molecule has 7 nitrogen and oxygen atoms in total. The van der Waals surface area contributed by atoms with E-state index in [1.54, 1.807) is 18.4 Å². The first-order chi connectivity index (χ1) is 15.3. The number of hydrogen-bond acceptors (Lipinski definition) is 4. The Hall–Kier alpha value is -3.36. The summed E-state index contributed by atoms with van der Waals surface area (Å²) in [4.78, 5) is 27.7. The molecule has 2 aromatic heterocycles. The van der Waals surface area contributed by atoms with Gasteiger partial charge in [-0.3, -0.25) is 9.59 Å². The van der Waals surface area contributed by atoms with Crippen molar-refractivity contribution >= 4 is 18.0 Å². The molecule has 1 aliphatic rings. The lowest BCUT2D eigenvalue weighted by molar-refractivity contribution is -0.141. The third-order valence-corrected chi connectivity index (χ3v) is 5.61. The highest BCUT2D eigenvalue weighted by Crippen LogP contribution is 2.30. The summed E-state index contributed by atoms with van der Waals surface area (Å²) in [5.74, 6) is -1.83. The number of amides is 2. The molecule has 9 heteroatoms. The van der Waals surface area contributed by atoms with Crippen LogP contribution in [0, 0.1) is 18.6 Å². The summed E-state index contributed by atoms with van der Waals surface area (Å²) in [6.07, 6.45) is 2.55. The third-order valence-electron chi connectivity index (χ3n) is 5.61. The van der Waals surface area contributed by atoms with Crippen LogP contribution in [-0.2, 0) is 15.0 Å². The Kier molecular flexibility index (Phi) is 6.53. The number of nitrogens with zero attached hydrogens (tertiary/aromatic N) is 4. The smallest absolute Gasteiger partial charge is 0.245 e. The Morgan fingerprint density at radius 2 is 1.85 bits per heavy atom. The Balaban J connectivity index is 0.000000235. The van der Waals surface area contributed by atoms with Gasteiger partial charge in [0.05, 0.1) is 17.6 Å². The number of benzene rings is 1. The van der Waals surface area contributed by atoms with E-state index in [2.05, 4.69) is 36.2 Å². The molecule has 3 heterocycles. The summed E-state index contributed by atoms with van der Waals surface area (Å²) in [6.45, 7) is 12.8. The second-order valence-electron chi connectivity index (χ2n) is 9.59. The third kappa shape index (κ3) is 5.02. The largest absolute Gasteiger partial charge is 0.352 e. The zero-order valence-electron chi connectivity index (χ0n) is 19.7. The molecule has 1 fully saturated rings. The first kappa shape index (κ1) is 24.3. The molecule has 0 saturated carbocycles. The van der Waals surface area contributed by atoms with Gasteiger partial charge >= 0.3 is 0 Å². The second kappa shape index (κ2) is 8.88. The number of aromatic nitrogens is 3. The van der Waals surface area contributed by atoms with Crippen molar-refractivity contribution in [3.8, 4) is 11.3 Å². The van der Waals surface area contributed by atoms with Crippen LogP contribution in [0.5, 0.6) is 0 Å². The summed E-state index contributed by atoms with van der Waals surface area (Å²) in [6, 6.07) is 5.71. The van der Waals surface area contributed by atoms with Crippen LogP contribution in [-0.4, -0.2) is 50.4 Å². The molecule has 0 spiro atoms. The quantitative estimate of drug-likeness (QED) is 0.596. The number of nitrogens with one attached hydrogen (secondary N) is 1. The van der Waals surface area contributed by atoms with Gasteiger partial charge in [0.1, 0.15) is 5.54 Å². The average molecular weight is 458 g/mol. The highest BCUT2D eigenvalue weighted by Gasteiger charge is 2.36. The maximum atomic E-state index is 13.5. The SMILES string of the molecule is CC1(C)C(=O)NCCN1C=O.Cc1cn2nc(-c3ccc(F)c(F)c3)cc(C(C)(C)C)c2n1. The van der Waals surface area contributed by atoms with E-state index < -0.39 is 17.2 Å². The number of carbonyl (C=O) groups is 2. The highest BCUT2D eigenvalue weighted by molar-refractivity contribution is 5.88. The molecule has 1 saturated heterocycles.